The number of aromatic nitrogens is 2. The van der Waals surface area contributed by atoms with Crippen molar-refractivity contribution in [3.63, 3.8) is 0 Å². The SMILES string of the molecule is CN(Cc1ccccc1)C[C@@H](O)Cn1nc(-c2ccccc2)oc1=O. The molecule has 0 bridgehead atoms. The van der Waals surface area contributed by atoms with Crippen LogP contribution in [0.4, 0.5) is 0 Å². The zero-order chi connectivity index (χ0) is 17.6. The molecule has 2 aromatic carbocycles. The van der Waals surface area contributed by atoms with E-state index in [1.54, 1.807) is 0 Å². The van der Waals surface area contributed by atoms with Crippen LogP contribution in [-0.4, -0.2) is 39.5 Å². The van der Waals surface area contributed by atoms with Gasteiger partial charge in [0.15, 0.2) is 0 Å². The fraction of sp³-hybridized carbons (Fsp3) is 0.263. The van der Waals surface area contributed by atoms with Gasteiger partial charge in [0.1, 0.15) is 0 Å². The van der Waals surface area contributed by atoms with E-state index < -0.39 is 11.9 Å². The van der Waals surface area contributed by atoms with Crippen LogP contribution in [0.3, 0.4) is 0 Å². The van der Waals surface area contributed by atoms with Crippen LogP contribution in [0.15, 0.2) is 69.9 Å². The summed E-state index contributed by atoms with van der Waals surface area (Å²) in [6, 6.07) is 19.2. The number of hydrogen-bond donors (Lipinski definition) is 1. The van der Waals surface area contributed by atoms with Gasteiger partial charge in [0, 0.05) is 18.7 Å². The van der Waals surface area contributed by atoms with Gasteiger partial charge in [-0.2, -0.15) is 4.68 Å². The normalized spacial score (nSPS) is 12.4. The second-order valence-electron chi connectivity index (χ2n) is 6.06. The number of aliphatic hydroxyl groups is 1. The second-order valence-corrected chi connectivity index (χ2v) is 6.06. The largest absolute Gasteiger partial charge is 0.437 e. The highest BCUT2D eigenvalue weighted by atomic mass is 16.4. The lowest BCUT2D eigenvalue weighted by molar-refractivity contribution is 0.102. The quantitative estimate of drug-likeness (QED) is 0.713. The number of likely N-dealkylation sites (N-methyl/N-ethyl adjacent to an activating group) is 1. The molecule has 0 aliphatic carbocycles. The summed E-state index contributed by atoms with van der Waals surface area (Å²) in [6.45, 7) is 1.24. The third-order valence-electron chi connectivity index (χ3n) is 3.83. The molecule has 1 heterocycles. The predicted molar refractivity (Wildman–Crippen MR) is 95.0 cm³/mol. The Labute approximate surface area is 145 Å². The van der Waals surface area contributed by atoms with Gasteiger partial charge in [0.05, 0.1) is 12.6 Å². The second kappa shape index (κ2) is 7.92. The molecule has 0 fully saturated rings. The Balaban J connectivity index is 1.60. The molecule has 3 aromatic rings. The summed E-state index contributed by atoms with van der Waals surface area (Å²) in [4.78, 5) is 13.9. The van der Waals surface area contributed by atoms with E-state index in [0.717, 1.165) is 12.1 Å². The fourth-order valence-electron chi connectivity index (χ4n) is 2.70. The van der Waals surface area contributed by atoms with Crippen molar-refractivity contribution in [1.29, 1.82) is 0 Å². The first-order valence-electron chi connectivity index (χ1n) is 8.16. The van der Waals surface area contributed by atoms with E-state index in [2.05, 4.69) is 5.10 Å². The summed E-state index contributed by atoms with van der Waals surface area (Å²) >= 11 is 0. The average Bonchev–Trinajstić information content (AvgIpc) is 2.97. The zero-order valence-corrected chi connectivity index (χ0v) is 14.1. The summed E-state index contributed by atoms with van der Waals surface area (Å²) in [7, 11) is 1.93. The van der Waals surface area contributed by atoms with Crippen LogP contribution in [0, 0.1) is 0 Å². The number of rotatable bonds is 7. The Morgan fingerprint density at radius 3 is 2.44 bits per heavy atom. The minimum Gasteiger partial charge on any atom is -0.390 e. The summed E-state index contributed by atoms with van der Waals surface area (Å²) < 4.78 is 6.34. The average molecular weight is 339 g/mol. The van der Waals surface area contributed by atoms with Crippen molar-refractivity contribution in [1.82, 2.24) is 14.7 Å². The molecule has 0 spiro atoms. The molecule has 0 saturated heterocycles. The minimum atomic E-state index is -0.722. The van der Waals surface area contributed by atoms with Gasteiger partial charge in [-0.25, -0.2) is 4.79 Å². The molecule has 130 valence electrons. The Hall–Kier alpha value is -2.70. The molecule has 0 amide bonds. The molecule has 1 atom stereocenters. The monoisotopic (exact) mass is 339 g/mol. The molecular formula is C19H21N3O3. The highest BCUT2D eigenvalue weighted by Gasteiger charge is 2.15. The highest BCUT2D eigenvalue weighted by molar-refractivity contribution is 5.51. The number of aliphatic hydroxyl groups excluding tert-OH is 1. The third-order valence-corrected chi connectivity index (χ3v) is 3.83. The molecule has 1 aromatic heterocycles. The molecule has 1 N–H and O–H groups in total. The van der Waals surface area contributed by atoms with Crippen LogP contribution in [0.2, 0.25) is 0 Å². The first-order valence-corrected chi connectivity index (χ1v) is 8.16. The van der Waals surface area contributed by atoms with Gasteiger partial charge in [0.2, 0.25) is 5.89 Å². The molecule has 6 heteroatoms. The molecule has 0 radical (unpaired) electrons. The van der Waals surface area contributed by atoms with Crippen molar-refractivity contribution in [3.8, 4) is 11.5 Å². The van der Waals surface area contributed by atoms with E-state index in [9.17, 15) is 9.90 Å². The summed E-state index contributed by atoms with van der Waals surface area (Å²) in [6.07, 6.45) is -0.722. The van der Waals surface area contributed by atoms with E-state index in [4.69, 9.17) is 4.42 Å². The topological polar surface area (TPSA) is 71.5 Å². The first kappa shape index (κ1) is 17.1. The van der Waals surface area contributed by atoms with Gasteiger partial charge in [-0.3, -0.25) is 4.90 Å². The van der Waals surface area contributed by atoms with Crippen molar-refractivity contribution in [2.45, 2.75) is 19.2 Å². The van der Waals surface area contributed by atoms with Gasteiger partial charge in [-0.15, -0.1) is 5.10 Å². The van der Waals surface area contributed by atoms with E-state index in [1.165, 1.54) is 10.2 Å². The predicted octanol–water partition coefficient (Wildman–Crippen LogP) is 2.00. The van der Waals surface area contributed by atoms with Gasteiger partial charge in [0.25, 0.3) is 0 Å². The molecular weight excluding hydrogens is 318 g/mol. The lowest BCUT2D eigenvalue weighted by atomic mass is 10.2. The van der Waals surface area contributed by atoms with Crippen molar-refractivity contribution >= 4 is 0 Å². The summed E-state index contributed by atoms with van der Waals surface area (Å²) in [5.74, 6) is -0.306. The lowest BCUT2D eigenvalue weighted by Crippen LogP contribution is -2.34. The molecule has 0 unspecified atom stereocenters. The van der Waals surface area contributed by atoms with Gasteiger partial charge < -0.3 is 9.52 Å². The number of hydrogen-bond acceptors (Lipinski definition) is 5. The Kier molecular flexibility index (Phi) is 5.42. The fourth-order valence-corrected chi connectivity index (χ4v) is 2.70. The minimum absolute atomic E-state index is 0.0916. The zero-order valence-electron chi connectivity index (χ0n) is 14.1. The smallest absolute Gasteiger partial charge is 0.390 e. The Morgan fingerprint density at radius 2 is 1.76 bits per heavy atom. The summed E-state index contributed by atoms with van der Waals surface area (Å²) in [5.41, 5.74) is 1.90. The van der Waals surface area contributed by atoms with E-state index >= 15 is 0 Å². The molecule has 3 rings (SSSR count). The standard InChI is InChI=1S/C19H21N3O3/c1-21(12-15-8-4-2-5-9-15)13-17(23)14-22-19(24)25-18(20-22)16-10-6-3-7-11-16/h2-11,17,23H,12-14H2,1H3/t17-/m1/s1. The van der Waals surface area contributed by atoms with E-state index in [-0.39, 0.29) is 12.4 Å². The van der Waals surface area contributed by atoms with Crippen LogP contribution >= 0.6 is 0 Å². The lowest BCUT2D eigenvalue weighted by Gasteiger charge is -2.20. The van der Waals surface area contributed by atoms with Gasteiger partial charge >= 0.3 is 5.76 Å². The Morgan fingerprint density at radius 1 is 1.12 bits per heavy atom. The van der Waals surface area contributed by atoms with Crippen molar-refractivity contribution in [2.75, 3.05) is 13.6 Å². The molecule has 0 saturated carbocycles. The van der Waals surface area contributed by atoms with Crippen LogP contribution < -0.4 is 5.76 Å². The van der Waals surface area contributed by atoms with Crippen molar-refractivity contribution < 1.29 is 9.52 Å². The third kappa shape index (κ3) is 4.65. The van der Waals surface area contributed by atoms with Crippen molar-refractivity contribution in [3.05, 3.63) is 76.8 Å². The molecule has 6 nitrogen and oxygen atoms in total. The highest BCUT2D eigenvalue weighted by Crippen LogP contribution is 2.14. The van der Waals surface area contributed by atoms with E-state index in [0.29, 0.717) is 6.54 Å². The van der Waals surface area contributed by atoms with Crippen LogP contribution in [0.25, 0.3) is 11.5 Å². The number of benzene rings is 2. The maximum Gasteiger partial charge on any atom is 0.437 e. The maximum atomic E-state index is 11.9. The Bertz CT molecular complexity index is 843. The van der Waals surface area contributed by atoms with Crippen LogP contribution in [0.1, 0.15) is 5.56 Å². The molecule has 0 aliphatic heterocycles. The van der Waals surface area contributed by atoms with Crippen LogP contribution in [0.5, 0.6) is 0 Å². The van der Waals surface area contributed by atoms with Gasteiger partial charge in [-0.05, 0) is 24.7 Å². The van der Waals surface area contributed by atoms with Crippen LogP contribution in [-0.2, 0) is 13.1 Å². The van der Waals surface area contributed by atoms with E-state index in [1.807, 2.05) is 72.6 Å². The maximum absolute atomic E-state index is 11.9. The molecule has 25 heavy (non-hydrogen) atoms. The number of nitrogens with zero attached hydrogens (tertiary/aromatic N) is 3. The van der Waals surface area contributed by atoms with Crippen molar-refractivity contribution in [2.24, 2.45) is 0 Å². The van der Waals surface area contributed by atoms with Gasteiger partial charge in [-0.1, -0.05) is 48.5 Å². The summed E-state index contributed by atoms with van der Waals surface area (Å²) in [5, 5.41) is 14.4. The first-order chi connectivity index (χ1) is 12.1. The molecule has 0 aliphatic rings.